The van der Waals surface area contributed by atoms with Crippen LogP contribution in [0.1, 0.15) is 0 Å². The summed E-state index contributed by atoms with van der Waals surface area (Å²) < 4.78 is 10.5. The second-order valence-electron chi connectivity index (χ2n) is 3.30. The molecule has 0 unspecified atom stereocenters. The van der Waals surface area contributed by atoms with Gasteiger partial charge in [-0.05, 0) is 17.7 Å². The molecule has 2 heterocycles. The van der Waals surface area contributed by atoms with Crippen LogP contribution in [0.15, 0.2) is 30.7 Å². The molecule has 0 bridgehead atoms. The monoisotopic (exact) mass is 234 g/mol. The molecule has 5 heteroatoms. The van der Waals surface area contributed by atoms with Gasteiger partial charge in [-0.1, -0.05) is 17.7 Å². The van der Waals surface area contributed by atoms with E-state index in [0.717, 1.165) is 22.6 Å². The van der Waals surface area contributed by atoms with Crippen LogP contribution in [0.2, 0.25) is 5.15 Å². The third-order valence-electron chi connectivity index (χ3n) is 2.35. The lowest BCUT2D eigenvalue weighted by molar-refractivity contribution is 0.174. The van der Waals surface area contributed by atoms with Crippen molar-refractivity contribution >= 4 is 11.6 Å². The Bertz CT molecular complexity index is 545. The molecule has 0 fully saturated rings. The van der Waals surface area contributed by atoms with E-state index in [0.29, 0.717) is 5.15 Å². The summed E-state index contributed by atoms with van der Waals surface area (Å²) in [6, 6.07) is 5.62. The predicted octanol–water partition coefficient (Wildman–Crippen LogP) is 2.53. The first-order valence-electron chi connectivity index (χ1n) is 4.70. The van der Waals surface area contributed by atoms with Gasteiger partial charge < -0.3 is 9.47 Å². The summed E-state index contributed by atoms with van der Waals surface area (Å²) in [5.74, 6) is 1.47. The van der Waals surface area contributed by atoms with Crippen molar-refractivity contribution in [2.75, 3.05) is 6.79 Å². The molecule has 0 saturated carbocycles. The van der Waals surface area contributed by atoms with E-state index in [1.54, 1.807) is 6.20 Å². The number of halogens is 1. The Morgan fingerprint density at radius 3 is 2.94 bits per heavy atom. The van der Waals surface area contributed by atoms with E-state index in [4.69, 9.17) is 21.1 Å². The molecule has 0 atom stereocenters. The molecule has 1 aromatic heterocycles. The molecule has 1 aromatic carbocycles. The number of hydrogen-bond acceptors (Lipinski definition) is 4. The number of rotatable bonds is 1. The largest absolute Gasteiger partial charge is 0.454 e. The van der Waals surface area contributed by atoms with Crippen molar-refractivity contribution in [3.63, 3.8) is 0 Å². The minimum absolute atomic E-state index is 0.262. The lowest BCUT2D eigenvalue weighted by atomic mass is 10.1. The summed E-state index contributed by atoms with van der Waals surface area (Å²) in [4.78, 5) is 7.88. The van der Waals surface area contributed by atoms with Gasteiger partial charge in [-0.15, -0.1) is 0 Å². The van der Waals surface area contributed by atoms with Crippen LogP contribution >= 0.6 is 11.6 Å². The lowest BCUT2D eigenvalue weighted by Crippen LogP contribution is -1.92. The minimum Gasteiger partial charge on any atom is -0.454 e. The molecule has 3 rings (SSSR count). The summed E-state index contributed by atoms with van der Waals surface area (Å²) >= 11 is 5.99. The van der Waals surface area contributed by atoms with E-state index >= 15 is 0 Å². The molecule has 0 spiro atoms. The Kier molecular flexibility index (Phi) is 2.15. The molecule has 0 radical (unpaired) electrons. The summed E-state index contributed by atoms with van der Waals surface area (Å²) in [7, 11) is 0. The number of ether oxygens (including phenoxy) is 2. The second kappa shape index (κ2) is 3.64. The Hall–Kier alpha value is -1.81. The Morgan fingerprint density at radius 1 is 1.19 bits per heavy atom. The summed E-state index contributed by atoms with van der Waals surface area (Å²) in [5.41, 5.74) is 1.69. The highest BCUT2D eigenvalue weighted by molar-refractivity contribution is 6.32. The molecule has 80 valence electrons. The van der Waals surface area contributed by atoms with E-state index in [1.807, 2.05) is 18.2 Å². The zero-order chi connectivity index (χ0) is 11.0. The van der Waals surface area contributed by atoms with Crippen molar-refractivity contribution in [2.45, 2.75) is 0 Å². The average molecular weight is 235 g/mol. The molecule has 1 aliphatic rings. The molecular weight excluding hydrogens is 228 g/mol. The zero-order valence-electron chi connectivity index (χ0n) is 8.18. The molecule has 2 aromatic rings. The third-order valence-corrected chi connectivity index (χ3v) is 2.65. The third kappa shape index (κ3) is 1.47. The van der Waals surface area contributed by atoms with Gasteiger partial charge in [-0.2, -0.15) is 0 Å². The van der Waals surface area contributed by atoms with E-state index in [9.17, 15) is 0 Å². The Morgan fingerprint density at radius 2 is 2.06 bits per heavy atom. The molecule has 16 heavy (non-hydrogen) atoms. The summed E-state index contributed by atoms with van der Waals surface area (Å²) in [6.45, 7) is 0.262. The number of fused-ring (bicyclic) bond motifs is 1. The molecule has 4 nitrogen and oxygen atoms in total. The van der Waals surface area contributed by atoms with Crippen molar-refractivity contribution in [3.8, 4) is 22.6 Å². The van der Waals surface area contributed by atoms with Gasteiger partial charge in [-0.25, -0.2) is 9.97 Å². The van der Waals surface area contributed by atoms with Crippen LogP contribution in [0.5, 0.6) is 11.5 Å². The lowest BCUT2D eigenvalue weighted by Gasteiger charge is -2.03. The molecule has 1 aliphatic heterocycles. The first-order valence-corrected chi connectivity index (χ1v) is 5.08. The highest BCUT2D eigenvalue weighted by Gasteiger charge is 2.15. The second-order valence-corrected chi connectivity index (χ2v) is 3.65. The van der Waals surface area contributed by atoms with E-state index in [2.05, 4.69) is 9.97 Å². The highest BCUT2D eigenvalue weighted by atomic mass is 35.5. The first kappa shape index (κ1) is 9.42. The van der Waals surface area contributed by atoms with Gasteiger partial charge in [0.1, 0.15) is 11.5 Å². The van der Waals surface area contributed by atoms with Crippen molar-refractivity contribution in [3.05, 3.63) is 35.9 Å². The van der Waals surface area contributed by atoms with Crippen molar-refractivity contribution < 1.29 is 9.47 Å². The SMILES string of the molecule is Clc1ncncc1-c1ccc2c(c1)OCO2. The molecular formula is C11H7ClN2O2. The van der Waals surface area contributed by atoms with Crippen molar-refractivity contribution in [1.82, 2.24) is 9.97 Å². The topological polar surface area (TPSA) is 44.2 Å². The number of hydrogen-bond donors (Lipinski definition) is 0. The predicted molar refractivity (Wildman–Crippen MR) is 58.6 cm³/mol. The Balaban J connectivity index is 2.11. The van der Waals surface area contributed by atoms with Gasteiger partial charge in [0.15, 0.2) is 11.5 Å². The fourth-order valence-electron chi connectivity index (χ4n) is 1.57. The maximum atomic E-state index is 5.99. The van der Waals surface area contributed by atoms with Crippen LogP contribution in [0.25, 0.3) is 11.1 Å². The molecule has 0 saturated heterocycles. The standard InChI is InChI=1S/C11H7ClN2O2/c12-11-8(4-13-5-14-11)7-1-2-9-10(3-7)16-6-15-9/h1-5H,6H2. The Labute approximate surface area is 96.8 Å². The van der Waals surface area contributed by atoms with Crippen LogP contribution in [0.4, 0.5) is 0 Å². The molecule has 0 amide bonds. The summed E-state index contributed by atoms with van der Waals surface area (Å²) in [6.07, 6.45) is 3.09. The van der Waals surface area contributed by atoms with Crippen LogP contribution in [0.3, 0.4) is 0 Å². The fourth-order valence-corrected chi connectivity index (χ4v) is 1.77. The minimum atomic E-state index is 0.262. The summed E-state index contributed by atoms with van der Waals surface area (Å²) in [5, 5.41) is 0.425. The van der Waals surface area contributed by atoms with Crippen LogP contribution in [0, 0.1) is 0 Å². The zero-order valence-corrected chi connectivity index (χ0v) is 8.94. The number of nitrogens with zero attached hydrogens (tertiary/aromatic N) is 2. The van der Waals surface area contributed by atoms with Crippen molar-refractivity contribution in [1.29, 1.82) is 0 Å². The van der Waals surface area contributed by atoms with Gasteiger partial charge in [-0.3, -0.25) is 0 Å². The average Bonchev–Trinajstić information content (AvgIpc) is 2.76. The van der Waals surface area contributed by atoms with Gasteiger partial charge in [0.05, 0.1) is 0 Å². The number of aromatic nitrogens is 2. The smallest absolute Gasteiger partial charge is 0.231 e. The van der Waals surface area contributed by atoms with Gasteiger partial charge >= 0.3 is 0 Å². The van der Waals surface area contributed by atoms with E-state index in [1.165, 1.54) is 6.33 Å². The maximum Gasteiger partial charge on any atom is 0.231 e. The maximum absolute atomic E-state index is 5.99. The first-order chi connectivity index (χ1) is 7.84. The molecule has 0 N–H and O–H groups in total. The van der Waals surface area contributed by atoms with Crippen molar-refractivity contribution in [2.24, 2.45) is 0 Å². The molecule has 0 aliphatic carbocycles. The van der Waals surface area contributed by atoms with E-state index in [-0.39, 0.29) is 6.79 Å². The van der Waals surface area contributed by atoms with Gasteiger partial charge in [0, 0.05) is 11.8 Å². The van der Waals surface area contributed by atoms with E-state index < -0.39 is 0 Å². The highest BCUT2D eigenvalue weighted by Crippen LogP contribution is 2.36. The van der Waals surface area contributed by atoms with Crippen LogP contribution in [-0.4, -0.2) is 16.8 Å². The number of benzene rings is 1. The quantitative estimate of drug-likeness (QED) is 0.712. The normalized spacial score (nSPS) is 12.8. The van der Waals surface area contributed by atoms with Crippen LogP contribution < -0.4 is 9.47 Å². The van der Waals surface area contributed by atoms with Gasteiger partial charge in [0.2, 0.25) is 6.79 Å². The van der Waals surface area contributed by atoms with Gasteiger partial charge in [0.25, 0.3) is 0 Å². The van der Waals surface area contributed by atoms with Crippen LogP contribution in [-0.2, 0) is 0 Å². The fraction of sp³-hybridized carbons (Fsp3) is 0.0909.